The molecule has 1 N–H and O–H groups in total. The third-order valence-electron chi connectivity index (χ3n) is 3.27. The van der Waals surface area contributed by atoms with Gasteiger partial charge in [0.2, 0.25) is 11.8 Å². The fourth-order valence-electron chi connectivity index (χ4n) is 1.96. The number of nitrogens with zero attached hydrogens (tertiary/aromatic N) is 1. The highest BCUT2D eigenvalue weighted by Crippen LogP contribution is 2.24. The number of benzene rings is 1. The van der Waals surface area contributed by atoms with Crippen LogP contribution >= 0.6 is 11.8 Å². The number of halogens is 1. The molecule has 1 aromatic carbocycles. The highest BCUT2D eigenvalue weighted by molar-refractivity contribution is 8.00. The maximum atomic E-state index is 13.5. The third-order valence-corrected chi connectivity index (χ3v) is 4.31. The van der Waals surface area contributed by atoms with Gasteiger partial charge in [0.25, 0.3) is 5.91 Å². The predicted octanol–water partition coefficient (Wildman–Crippen LogP) is 1.18. The zero-order valence-corrected chi connectivity index (χ0v) is 12.5. The summed E-state index contributed by atoms with van der Waals surface area (Å²) in [7, 11) is 0. The number of thioether (sulfide) groups is 1. The van der Waals surface area contributed by atoms with Crippen LogP contribution in [0.25, 0.3) is 0 Å². The van der Waals surface area contributed by atoms with Crippen molar-refractivity contribution >= 4 is 29.5 Å². The number of hydrogen-bond donors (Lipinski definition) is 1. The van der Waals surface area contributed by atoms with Gasteiger partial charge in [0.05, 0.1) is 5.75 Å². The monoisotopic (exact) mass is 310 g/mol. The SMILES string of the molecule is CC1(C)C(=O)NC(=O)CN1C(=O)CSc1ccccc1F. The van der Waals surface area contributed by atoms with Gasteiger partial charge < -0.3 is 4.90 Å². The second kappa shape index (κ2) is 5.85. The van der Waals surface area contributed by atoms with Crippen molar-refractivity contribution in [3.8, 4) is 0 Å². The molecule has 0 aliphatic carbocycles. The molecule has 1 aliphatic rings. The van der Waals surface area contributed by atoms with E-state index in [1.54, 1.807) is 32.0 Å². The molecule has 3 amide bonds. The summed E-state index contributed by atoms with van der Waals surface area (Å²) in [6, 6.07) is 6.14. The van der Waals surface area contributed by atoms with E-state index in [9.17, 15) is 18.8 Å². The van der Waals surface area contributed by atoms with Crippen LogP contribution in [-0.4, -0.2) is 40.5 Å². The molecular weight excluding hydrogens is 295 g/mol. The fourth-order valence-corrected chi connectivity index (χ4v) is 2.78. The van der Waals surface area contributed by atoms with Crippen LogP contribution in [-0.2, 0) is 14.4 Å². The van der Waals surface area contributed by atoms with Crippen molar-refractivity contribution in [2.45, 2.75) is 24.3 Å². The molecule has 1 fully saturated rings. The van der Waals surface area contributed by atoms with Crippen LogP contribution in [0, 0.1) is 5.82 Å². The van der Waals surface area contributed by atoms with E-state index in [4.69, 9.17) is 0 Å². The molecule has 112 valence electrons. The van der Waals surface area contributed by atoms with Crippen LogP contribution in [0.5, 0.6) is 0 Å². The van der Waals surface area contributed by atoms with Gasteiger partial charge in [0, 0.05) is 4.90 Å². The van der Waals surface area contributed by atoms with Crippen LogP contribution in [0.1, 0.15) is 13.8 Å². The van der Waals surface area contributed by atoms with E-state index in [1.807, 2.05) is 0 Å². The topological polar surface area (TPSA) is 66.5 Å². The van der Waals surface area contributed by atoms with Crippen molar-refractivity contribution in [1.82, 2.24) is 10.2 Å². The molecule has 2 rings (SSSR count). The minimum absolute atomic E-state index is 0.0368. The highest BCUT2D eigenvalue weighted by atomic mass is 32.2. The molecular formula is C14H15FN2O3S. The number of carbonyl (C=O) groups excluding carboxylic acids is 3. The molecule has 21 heavy (non-hydrogen) atoms. The lowest BCUT2D eigenvalue weighted by molar-refractivity contribution is -0.154. The van der Waals surface area contributed by atoms with Crippen molar-refractivity contribution in [2.75, 3.05) is 12.3 Å². The number of amides is 3. The molecule has 0 radical (unpaired) electrons. The van der Waals surface area contributed by atoms with Crippen molar-refractivity contribution in [3.63, 3.8) is 0 Å². The number of rotatable bonds is 3. The number of carbonyl (C=O) groups is 3. The van der Waals surface area contributed by atoms with E-state index < -0.39 is 23.2 Å². The van der Waals surface area contributed by atoms with E-state index in [0.29, 0.717) is 4.90 Å². The summed E-state index contributed by atoms with van der Waals surface area (Å²) in [5.41, 5.74) is -1.10. The fraction of sp³-hybridized carbons (Fsp3) is 0.357. The van der Waals surface area contributed by atoms with Crippen LogP contribution < -0.4 is 5.32 Å². The van der Waals surface area contributed by atoms with E-state index in [0.717, 1.165) is 11.8 Å². The van der Waals surface area contributed by atoms with Gasteiger partial charge in [-0.2, -0.15) is 0 Å². The largest absolute Gasteiger partial charge is 0.318 e. The van der Waals surface area contributed by atoms with Crippen molar-refractivity contribution in [3.05, 3.63) is 30.1 Å². The minimum atomic E-state index is -1.10. The molecule has 1 aromatic rings. The number of nitrogens with one attached hydrogen (secondary N) is 1. The Kier molecular flexibility index (Phi) is 4.32. The number of imide groups is 1. The number of piperazine rings is 1. The lowest BCUT2D eigenvalue weighted by Crippen LogP contribution is -2.65. The van der Waals surface area contributed by atoms with Gasteiger partial charge in [-0.05, 0) is 26.0 Å². The summed E-state index contributed by atoms with van der Waals surface area (Å²) in [4.78, 5) is 37.0. The molecule has 1 saturated heterocycles. The van der Waals surface area contributed by atoms with Crippen molar-refractivity contribution in [2.24, 2.45) is 0 Å². The molecule has 0 saturated carbocycles. The molecule has 1 heterocycles. The van der Waals surface area contributed by atoms with Gasteiger partial charge >= 0.3 is 0 Å². The van der Waals surface area contributed by atoms with E-state index in [-0.39, 0.29) is 18.2 Å². The number of hydrogen-bond acceptors (Lipinski definition) is 4. The molecule has 7 heteroatoms. The first-order valence-corrected chi connectivity index (χ1v) is 7.33. The Bertz CT molecular complexity index is 604. The van der Waals surface area contributed by atoms with Gasteiger partial charge in [-0.15, -0.1) is 11.8 Å². The maximum Gasteiger partial charge on any atom is 0.252 e. The van der Waals surface area contributed by atoms with Crippen LogP contribution in [0.15, 0.2) is 29.2 Å². The van der Waals surface area contributed by atoms with Gasteiger partial charge in [-0.3, -0.25) is 19.7 Å². The van der Waals surface area contributed by atoms with Crippen molar-refractivity contribution in [1.29, 1.82) is 0 Å². The Labute approximate surface area is 125 Å². The van der Waals surface area contributed by atoms with E-state index >= 15 is 0 Å². The highest BCUT2D eigenvalue weighted by Gasteiger charge is 2.43. The second-order valence-corrected chi connectivity index (χ2v) is 6.15. The molecule has 0 spiro atoms. The normalized spacial score (nSPS) is 17.6. The maximum absolute atomic E-state index is 13.5. The summed E-state index contributed by atoms with van der Waals surface area (Å²) in [5.74, 6) is -1.84. The van der Waals surface area contributed by atoms with E-state index in [1.165, 1.54) is 11.0 Å². The average molecular weight is 310 g/mol. The first-order valence-electron chi connectivity index (χ1n) is 6.34. The van der Waals surface area contributed by atoms with Crippen LogP contribution in [0.2, 0.25) is 0 Å². The van der Waals surface area contributed by atoms with Gasteiger partial charge in [0.1, 0.15) is 17.9 Å². The van der Waals surface area contributed by atoms with Crippen LogP contribution in [0.3, 0.4) is 0 Å². The first-order chi connectivity index (χ1) is 9.82. The molecule has 0 aromatic heterocycles. The summed E-state index contributed by atoms with van der Waals surface area (Å²) in [5, 5.41) is 2.20. The summed E-state index contributed by atoms with van der Waals surface area (Å²) in [6.07, 6.45) is 0. The predicted molar refractivity (Wildman–Crippen MR) is 76.1 cm³/mol. The quantitative estimate of drug-likeness (QED) is 0.672. The Balaban J connectivity index is 2.07. The minimum Gasteiger partial charge on any atom is -0.318 e. The third kappa shape index (κ3) is 3.24. The Hall–Kier alpha value is -1.89. The lowest BCUT2D eigenvalue weighted by Gasteiger charge is -2.40. The van der Waals surface area contributed by atoms with E-state index in [2.05, 4.69) is 5.32 Å². The standard InChI is InChI=1S/C14H15FN2O3S/c1-14(2)13(20)16-11(18)7-17(14)12(19)8-21-10-6-4-3-5-9(10)15/h3-6H,7-8H2,1-2H3,(H,16,18,20). The Morgan fingerprint density at radius 3 is 2.71 bits per heavy atom. The van der Waals surface area contributed by atoms with Gasteiger partial charge in [-0.25, -0.2) is 4.39 Å². The summed E-state index contributed by atoms with van der Waals surface area (Å²) < 4.78 is 13.5. The summed E-state index contributed by atoms with van der Waals surface area (Å²) >= 11 is 1.04. The van der Waals surface area contributed by atoms with Gasteiger partial charge in [-0.1, -0.05) is 12.1 Å². The average Bonchev–Trinajstić information content (AvgIpc) is 2.42. The molecule has 0 atom stereocenters. The Morgan fingerprint density at radius 2 is 2.05 bits per heavy atom. The molecule has 0 bridgehead atoms. The lowest BCUT2D eigenvalue weighted by atomic mass is 9.99. The zero-order chi connectivity index (χ0) is 15.6. The first kappa shape index (κ1) is 15.5. The summed E-state index contributed by atoms with van der Waals surface area (Å²) in [6.45, 7) is 2.97. The molecule has 5 nitrogen and oxygen atoms in total. The van der Waals surface area contributed by atoms with Crippen LogP contribution in [0.4, 0.5) is 4.39 Å². The smallest absolute Gasteiger partial charge is 0.252 e. The Morgan fingerprint density at radius 1 is 1.38 bits per heavy atom. The molecule has 1 aliphatic heterocycles. The molecule has 0 unspecified atom stereocenters. The zero-order valence-electron chi connectivity index (χ0n) is 11.7. The van der Waals surface area contributed by atoms with Gasteiger partial charge in [0.15, 0.2) is 0 Å². The second-order valence-electron chi connectivity index (χ2n) is 5.14. The van der Waals surface area contributed by atoms with Crippen molar-refractivity contribution < 1.29 is 18.8 Å².